The van der Waals surface area contributed by atoms with E-state index in [1.807, 2.05) is 0 Å². The first kappa shape index (κ1) is 12.2. The van der Waals surface area contributed by atoms with Crippen molar-refractivity contribution in [3.63, 3.8) is 0 Å². The molecule has 4 heteroatoms. The van der Waals surface area contributed by atoms with Crippen LogP contribution in [0.4, 0.5) is 0 Å². The van der Waals surface area contributed by atoms with E-state index in [2.05, 4.69) is 40.7 Å². The number of halogens is 1. The molecule has 0 unspecified atom stereocenters. The maximum Gasteiger partial charge on any atom is 0.144 e. The summed E-state index contributed by atoms with van der Waals surface area (Å²) in [7, 11) is 2.05. The van der Waals surface area contributed by atoms with Crippen LogP contribution < -0.4 is 0 Å². The predicted molar refractivity (Wildman–Crippen MR) is 76.8 cm³/mol. The van der Waals surface area contributed by atoms with Crippen LogP contribution in [-0.2, 0) is 13.5 Å². The van der Waals surface area contributed by atoms with Crippen molar-refractivity contribution in [1.29, 1.82) is 0 Å². The molecule has 0 atom stereocenters. The SMILES string of the molecule is CCc1nc(C2CCCC2)nc2c1c(Br)cn2C. The van der Waals surface area contributed by atoms with E-state index in [4.69, 9.17) is 9.97 Å². The Bertz CT molecular complexity index is 582. The summed E-state index contributed by atoms with van der Waals surface area (Å²) >= 11 is 3.62. The minimum atomic E-state index is 0.577. The molecule has 0 amide bonds. The van der Waals surface area contributed by atoms with Crippen LogP contribution in [-0.4, -0.2) is 14.5 Å². The summed E-state index contributed by atoms with van der Waals surface area (Å²) in [6, 6.07) is 0. The summed E-state index contributed by atoms with van der Waals surface area (Å²) in [6.45, 7) is 2.17. The average molecular weight is 308 g/mol. The Balaban J connectivity index is 2.20. The molecular weight excluding hydrogens is 290 g/mol. The van der Waals surface area contributed by atoms with Gasteiger partial charge in [0.1, 0.15) is 11.5 Å². The van der Waals surface area contributed by atoms with Crippen molar-refractivity contribution in [1.82, 2.24) is 14.5 Å². The Kier molecular flexibility index (Phi) is 3.14. The molecule has 1 aliphatic carbocycles. The number of hydrogen-bond acceptors (Lipinski definition) is 2. The van der Waals surface area contributed by atoms with E-state index < -0.39 is 0 Å². The molecule has 1 aliphatic rings. The molecule has 18 heavy (non-hydrogen) atoms. The van der Waals surface area contributed by atoms with Crippen LogP contribution in [0.25, 0.3) is 11.0 Å². The summed E-state index contributed by atoms with van der Waals surface area (Å²) < 4.78 is 3.20. The topological polar surface area (TPSA) is 30.7 Å². The lowest BCUT2D eigenvalue weighted by atomic mass is 10.1. The number of fused-ring (bicyclic) bond motifs is 1. The highest BCUT2D eigenvalue weighted by molar-refractivity contribution is 9.10. The third-order valence-corrected chi connectivity index (χ3v) is 4.52. The summed E-state index contributed by atoms with van der Waals surface area (Å²) in [5, 5.41) is 1.18. The molecule has 0 N–H and O–H groups in total. The van der Waals surface area contributed by atoms with Gasteiger partial charge in [0.15, 0.2) is 0 Å². The van der Waals surface area contributed by atoms with E-state index in [9.17, 15) is 0 Å². The molecule has 0 saturated heterocycles. The van der Waals surface area contributed by atoms with Gasteiger partial charge in [-0.05, 0) is 35.2 Å². The molecule has 0 radical (unpaired) electrons. The Labute approximate surface area is 116 Å². The van der Waals surface area contributed by atoms with Gasteiger partial charge in [-0.1, -0.05) is 19.8 Å². The van der Waals surface area contributed by atoms with E-state index in [0.717, 1.165) is 22.4 Å². The monoisotopic (exact) mass is 307 g/mol. The Hall–Kier alpha value is -0.900. The highest BCUT2D eigenvalue weighted by atomic mass is 79.9. The number of rotatable bonds is 2. The summed E-state index contributed by atoms with van der Waals surface area (Å²) in [5.41, 5.74) is 2.24. The third kappa shape index (κ3) is 1.87. The second kappa shape index (κ2) is 4.65. The van der Waals surface area contributed by atoms with Crippen LogP contribution in [0.1, 0.15) is 50.0 Å². The first-order valence-corrected chi connectivity index (χ1v) is 7.51. The van der Waals surface area contributed by atoms with Crippen LogP contribution in [0.3, 0.4) is 0 Å². The minimum absolute atomic E-state index is 0.577. The fourth-order valence-electron chi connectivity index (χ4n) is 2.93. The normalized spacial score (nSPS) is 16.8. The number of hydrogen-bond donors (Lipinski definition) is 0. The van der Waals surface area contributed by atoms with E-state index in [0.29, 0.717) is 5.92 Å². The van der Waals surface area contributed by atoms with Gasteiger partial charge in [0.05, 0.1) is 11.1 Å². The van der Waals surface area contributed by atoms with E-state index in [1.54, 1.807) is 0 Å². The van der Waals surface area contributed by atoms with Crippen molar-refractivity contribution >= 4 is 27.0 Å². The molecule has 2 heterocycles. The van der Waals surface area contributed by atoms with Gasteiger partial charge < -0.3 is 4.57 Å². The molecule has 1 saturated carbocycles. The third-order valence-electron chi connectivity index (χ3n) is 3.92. The highest BCUT2D eigenvalue weighted by Crippen LogP contribution is 2.34. The van der Waals surface area contributed by atoms with Gasteiger partial charge in [-0.15, -0.1) is 0 Å². The number of aromatic nitrogens is 3. The summed E-state index contributed by atoms with van der Waals surface area (Å²) in [5.74, 6) is 1.64. The van der Waals surface area contributed by atoms with Gasteiger partial charge in [-0.25, -0.2) is 9.97 Å². The number of nitrogens with zero attached hydrogens (tertiary/aromatic N) is 3. The van der Waals surface area contributed by atoms with Crippen molar-refractivity contribution in [3.8, 4) is 0 Å². The first-order chi connectivity index (χ1) is 8.70. The van der Waals surface area contributed by atoms with Crippen LogP contribution in [0.5, 0.6) is 0 Å². The van der Waals surface area contributed by atoms with Crippen molar-refractivity contribution < 1.29 is 0 Å². The maximum atomic E-state index is 4.82. The standard InChI is InChI=1S/C14H18BrN3/c1-3-11-12-10(15)8-18(2)14(12)17-13(16-11)9-6-4-5-7-9/h8-9H,3-7H2,1-2H3. The lowest BCUT2D eigenvalue weighted by Crippen LogP contribution is -2.05. The van der Waals surface area contributed by atoms with Gasteiger partial charge in [0, 0.05) is 23.6 Å². The lowest BCUT2D eigenvalue weighted by molar-refractivity contribution is 0.664. The molecule has 0 spiro atoms. The van der Waals surface area contributed by atoms with E-state index in [1.165, 1.54) is 36.8 Å². The van der Waals surface area contributed by atoms with Crippen molar-refractivity contribution in [3.05, 3.63) is 22.2 Å². The van der Waals surface area contributed by atoms with Crippen LogP contribution in [0.2, 0.25) is 0 Å². The molecule has 0 aromatic carbocycles. The van der Waals surface area contributed by atoms with Crippen LogP contribution in [0.15, 0.2) is 10.7 Å². The van der Waals surface area contributed by atoms with Crippen LogP contribution in [0, 0.1) is 0 Å². The lowest BCUT2D eigenvalue weighted by Gasteiger charge is -2.10. The summed E-state index contributed by atoms with van der Waals surface area (Å²) in [6.07, 6.45) is 8.19. The molecule has 2 aromatic rings. The first-order valence-electron chi connectivity index (χ1n) is 6.72. The molecule has 0 aliphatic heterocycles. The summed E-state index contributed by atoms with van der Waals surface area (Å²) in [4.78, 5) is 9.63. The van der Waals surface area contributed by atoms with Gasteiger partial charge in [-0.3, -0.25) is 0 Å². The van der Waals surface area contributed by atoms with E-state index >= 15 is 0 Å². The Morgan fingerprint density at radius 1 is 1.33 bits per heavy atom. The van der Waals surface area contributed by atoms with Crippen molar-refractivity contribution in [2.45, 2.75) is 44.9 Å². The largest absolute Gasteiger partial charge is 0.334 e. The van der Waals surface area contributed by atoms with Gasteiger partial charge in [-0.2, -0.15) is 0 Å². The fourth-order valence-corrected chi connectivity index (χ4v) is 3.64. The van der Waals surface area contributed by atoms with Gasteiger partial charge >= 0.3 is 0 Å². The Morgan fingerprint density at radius 3 is 2.72 bits per heavy atom. The zero-order valence-electron chi connectivity index (χ0n) is 10.9. The fraction of sp³-hybridized carbons (Fsp3) is 0.571. The molecule has 0 bridgehead atoms. The second-order valence-corrected chi connectivity index (χ2v) is 6.00. The molecule has 96 valence electrons. The Morgan fingerprint density at radius 2 is 2.06 bits per heavy atom. The predicted octanol–water partition coefficient (Wildman–Crippen LogP) is 3.95. The smallest absolute Gasteiger partial charge is 0.144 e. The molecule has 3 rings (SSSR count). The molecule has 3 nitrogen and oxygen atoms in total. The molecule has 2 aromatic heterocycles. The molecule has 1 fully saturated rings. The quantitative estimate of drug-likeness (QED) is 0.841. The molecular formula is C14H18BrN3. The number of aryl methyl sites for hydroxylation is 2. The maximum absolute atomic E-state index is 4.82. The van der Waals surface area contributed by atoms with Crippen LogP contribution >= 0.6 is 15.9 Å². The van der Waals surface area contributed by atoms with E-state index in [-0.39, 0.29) is 0 Å². The van der Waals surface area contributed by atoms with Gasteiger partial charge in [0.2, 0.25) is 0 Å². The average Bonchev–Trinajstić information content (AvgIpc) is 2.98. The van der Waals surface area contributed by atoms with Crippen molar-refractivity contribution in [2.75, 3.05) is 0 Å². The zero-order chi connectivity index (χ0) is 12.7. The highest BCUT2D eigenvalue weighted by Gasteiger charge is 2.22. The van der Waals surface area contributed by atoms with Gasteiger partial charge in [0.25, 0.3) is 0 Å². The van der Waals surface area contributed by atoms with Crippen molar-refractivity contribution in [2.24, 2.45) is 7.05 Å². The minimum Gasteiger partial charge on any atom is -0.334 e. The second-order valence-electron chi connectivity index (χ2n) is 5.15. The zero-order valence-corrected chi connectivity index (χ0v) is 12.5.